The van der Waals surface area contributed by atoms with Crippen LogP contribution >= 0.6 is 0 Å². The molecule has 0 radical (unpaired) electrons. The van der Waals surface area contributed by atoms with E-state index in [-0.39, 0.29) is 0 Å². The van der Waals surface area contributed by atoms with E-state index in [2.05, 4.69) is 41.5 Å². The lowest BCUT2D eigenvalue weighted by Crippen LogP contribution is -2.29. The molecule has 0 nitrogen and oxygen atoms in total. The van der Waals surface area contributed by atoms with Gasteiger partial charge in [-0.2, -0.15) is 0 Å². The summed E-state index contributed by atoms with van der Waals surface area (Å²) in [6.07, 6.45) is 4.38. The van der Waals surface area contributed by atoms with Gasteiger partial charge in [0.2, 0.25) is 0 Å². The molecule has 0 heteroatoms. The van der Waals surface area contributed by atoms with Gasteiger partial charge in [0.05, 0.1) is 0 Å². The van der Waals surface area contributed by atoms with Gasteiger partial charge in [-0.05, 0) is 54.8 Å². The lowest BCUT2D eigenvalue weighted by Gasteiger charge is -2.39. The van der Waals surface area contributed by atoms with Gasteiger partial charge < -0.3 is 0 Å². The number of hydrogen-bond acceptors (Lipinski definition) is 0. The average molecular weight is 210 g/mol. The molecule has 0 spiro atoms. The van der Waals surface area contributed by atoms with Gasteiger partial charge in [-0.1, -0.05) is 41.5 Å². The van der Waals surface area contributed by atoms with Gasteiger partial charge in [-0.3, -0.25) is 0 Å². The van der Waals surface area contributed by atoms with Crippen molar-refractivity contribution in [2.45, 2.75) is 60.8 Å². The monoisotopic (exact) mass is 210 g/mol. The zero-order valence-corrected chi connectivity index (χ0v) is 11.6. The summed E-state index contributed by atoms with van der Waals surface area (Å²) in [7, 11) is 0. The highest BCUT2D eigenvalue weighted by atomic mass is 14.4. The van der Waals surface area contributed by atoms with Crippen molar-refractivity contribution in [3.63, 3.8) is 0 Å². The van der Waals surface area contributed by atoms with Crippen molar-refractivity contribution in [1.29, 1.82) is 0 Å². The first kappa shape index (κ1) is 13.1. The van der Waals surface area contributed by atoms with E-state index in [1.54, 1.807) is 0 Å². The van der Waals surface area contributed by atoms with Crippen molar-refractivity contribution in [3.8, 4) is 0 Å². The smallest absolute Gasteiger partial charge is 0.0383 e. The zero-order valence-electron chi connectivity index (χ0n) is 11.6. The fraction of sp³-hybridized carbons (Fsp3) is 1.00. The van der Waals surface area contributed by atoms with Gasteiger partial charge in [0, 0.05) is 0 Å². The van der Waals surface area contributed by atoms with Crippen molar-refractivity contribution < 1.29 is 0 Å². The molecule has 0 aliphatic heterocycles. The third-order valence-electron chi connectivity index (χ3n) is 5.01. The van der Waals surface area contributed by atoms with E-state index >= 15 is 0 Å². The molecule has 15 heavy (non-hydrogen) atoms. The molecular weight excluding hydrogens is 180 g/mol. The Morgan fingerprint density at radius 3 is 1.93 bits per heavy atom. The molecule has 1 aliphatic rings. The molecule has 0 N–H and O–H groups in total. The molecule has 0 aromatic carbocycles. The van der Waals surface area contributed by atoms with Crippen LogP contribution in [0.2, 0.25) is 0 Å². The standard InChI is InChI=1S/C15H30/c1-10(2)11(3)8-15-9-13(5)12(4)7-14(15)6/h10-15H,7-9H2,1-6H3. The molecule has 0 bridgehead atoms. The van der Waals surface area contributed by atoms with E-state index in [0.29, 0.717) is 0 Å². The third-order valence-corrected chi connectivity index (χ3v) is 5.01. The maximum Gasteiger partial charge on any atom is -0.0383 e. The van der Waals surface area contributed by atoms with Gasteiger partial charge in [-0.25, -0.2) is 0 Å². The predicted octanol–water partition coefficient (Wildman–Crippen LogP) is 4.99. The maximum atomic E-state index is 2.47. The summed E-state index contributed by atoms with van der Waals surface area (Å²) in [6.45, 7) is 14.5. The van der Waals surface area contributed by atoms with Gasteiger partial charge in [-0.15, -0.1) is 0 Å². The van der Waals surface area contributed by atoms with E-state index in [4.69, 9.17) is 0 Å². The van der Waals surface area contributed by atoms with Crippen molar-refractivity contribution in [3.05, 3.63) is 0 Å². The van der Waals surface area contributed by atoms with E-state index in [9.17, 15) is 0 Å². The van der Waals surface area contributed by atoms with Crippen LogP contribution in [0, 0.1) is 35.5 Å². The van der Waals surface area contributed by atoms with Crippen LogP contribution < -0.4 is 0 Å². The second-order valence-electron chi connectivity index (χ2n) is 6.62. The lowest BCUT2D eigenvalue weighted by molar-refractivity contribution is 0.117. The minimum absolute atomic E-state index is 0.854. The maximum absolute atomic E-state index is 2.47. The van der Waals surface area contributed by atoms with E-state index in [0.717, 1.165) is 35.5 Å². The van der Waals surface area contributed by atoms with Crippen LogP contribution in [-0.2, 0) is 0 Å². The Morgan fingerprint density at radius 2 is 1.40 bits per heavy atom. The molecule has 5 unspecified atom stereocenters. The van der Waals surface area contributed by atoms with Gasteiger partial charge in [0.1, 0.15) is 0 Å². The van der Waals surface area contributed by atoms with E-state index in [1.807, 2.05) is 0 Å². The number of rotatable bonds is 3. The summed E-state index contributed by atoms with van der Waals surface area (Å²) in [5, 5.41) is 0. The van der Waals surface area contributed by atoms with Crippen molar-refractivity contribution in [2.75, 3.05) is 0 Å². The molecular formula is C15H30. The predicted molar refractivity (Wildman–Crippen MR) is 68.8 cm³/mol. The lowest BCUT2D eigenvalue weighted by atomic mass is 9.67. The minimum atomic E-state index is 0.854. The molecule has 1 aliphatic carbocycles. The largest absolute Gasteiger partial charge is 0.0625 e. The second kappa shape index (κ2) is 5.37. The summed E-state index contributed by atoms with van der Waals surface area (Å²) >= 11 is 0. The Morgan fingerprint density at radius 1 is 0.867 bits per heavy atom. The Hall–Kier alpha value is 0. The third kappa shape index (κ3) is 3.50. The highest BCUT2D eigenvalue weighted by Gasteiger charge is 2.31. The van der Waals surface area contributed by atoms with Crippen LogP contribution in [0.15, 0.2) is 0 Å². The summed E-state index contributed by atoms with van der Waals surface area (Å²) in [4.78, 5) is 0. The normalized spacial score (nSPS) is 39.4. The molecule has 0 aromatic rings. The van der Waals surface area contributed by atoms with Crippen LogP contribution in [-0.4, -0.2) is 0 Å². The Balaban J connectivity index is 2.47. The van der Waals surface area contributed by atoms with Crippen molar-refractivity contribution in [2.24, 2.45) is 35.5 Å². The van der Waals surface area contributed by atoms with E-state index in [1.165, 1.54) is 19.3 Å². The first-order valence-corrected chi connectivity index (χ1v) is 6.91. The average Bonchev–Trinajstić information content (AvgIpc) is 2.13. The van der Waals surface area contributed by atoms with Gasteiger partial charge in [0.15, 0.2) is 0 Å². The molecule has 0 heterocycles. The minimum Gasteiger partial charge on any atom is -0.0625 e. The molecule has 1 saturated carbocycles. The van der Waals surface area contributed by atoms with Crippen molar-refractivity contribution in [1.82, 2.24) is 0 Å². The molecule has 0 amide bonds. The van der Waals surface area contributed by atoms with Gasteiger partial charge in [0.25, 0.3) is 0 Å². The van der Waals surface area contributed by atoms with Crippen molar-refractivity contribution >= 4 is 0 Å². The van der Waals surface area contributed by atoms with Crippen LogP contribution in [0.3, 0.4) is 0 Å². The summed E-state index contributed by atoms with van der Waals surface area (Å²) in [5.74, 6) is 5.60. The Kier molecular flexibility index (Phi) is 4.67. The molecule has 1 fully saturated rings. The quantitative estimate of drug-likeness (QED) is 0.616. The highest BCUT2D eigenvalue weighted by molar-refractivity contribution is 4.81. The zero-order chi connectivity index (χ0) is 11.6. The first-order chi connectivity index (χ1) is 6.91. The van der Waals surface area contributed by atoms with Crippen LogP contribution in [0.5, 0.6) is 0 Å². The molecule has 0 aromatic heterocycles. The molecule has 1 rings (SSSR count). The first-order valence-electron chi connectivity index (χ1n) is 6.91. The Labute approximate surface area is 96.8 Å². The van der Waals surface area contributed by atoms with Crippen LogP contribution in [0.1, 0.15) is 60.8 Å². The molecule has 0 saturated heterocycles. The highest BCUT2D eigenvalue weighted by Crippen LogP contribution is 2.41. The molecule has 90 valence electrons. The fourth-order valence-corrected chi connectivity index (χ4v) is 3.03. The summed E-state index contributed by atoms with van der Waals surface area (Å²) in [5.41, 5.74) is 0. The second-order valence-corrected chi connectivity index (χ2v) is 6.62. The molecule has 5 atom stereocenters. The SMILES string of the molecule is CC(C)C(C)CC1CC(C)C(C)CC1C. The number of hydrogen-bond donors (Lipinski definition) is 0. The van der Waals surface area contributed by atoms with Gasteiger partial charge >= 0.3 is 0 Å². The van der Waals surface area contributed by atoms with E-state index < -0.39 is 0 Å². The van der Waals surface area contributed by atoms with Crippen LogP contribution in [0.4, 0.5) is 0 Å². The fourth-order valence-electron chi connectivity index (χ4n) is 3.03. The Bertz CT molecular complexity index is 182. The van der Waals surface area contributed by atoms with Crippen LogP contribution in [0.25, 0.3) is 0 Å². The topological polar surface area (TPSA) is 0 Å². The summed E-state index contributed by atoms with van der Waals surface area (Å²) < 4.78 is 0. The summed E-state index contributed by atoms with van der Waals surface area (Å²) in [6, 6.07) is 0.